The number of carboxylic acid groups (broad SMARTS) is 1. The third-order valence-electron chi connectivity index (χ3n) is 4.11. The van der Waals surface area contributed by atoms with Gasteiger partial charge in [0.15, 0.2) is 0 Å². The van der Waals surface area contributed by atoms with Crippen LogP contribution in [-0.4, -0.2) is 58.0 Å². The first-order valence-corrected chi connectivity index (χ1v) is 7.11. The molecule has 2 saturated heterocycles. The lowest BCUT2D eigenvalue weighted by molar-refractivity contribution is -0.143. The Morgan fingerprint density at radius 2 is 1.40 bits per heavy atom. The summed E-state index contributed by atoms with van der Waals surface area (Å²) in [4.78, 5) is 38.1. The minimum atomic E-state index is -0.981. The third kappa shape index (κ3) is 2.86. The molecule has 2 heterocycles. The highest BCUT2D eigenvalue weighted by molar-refractivity contribution is 5.88. The zero-order valence-corrected chi connectivity index (χ0v) is 11.5. The molecule has 0 aliphatic carbocycles. The lowest BCUT2D eigenvalue weighted by Gasteiger charge is -2.41. The quantitative estimate of drug-likeness (QED) is 0.764. The molecule has 2 aliphatic rings. The van der Waals surface area contributed by atoms with Gasteiger partial charge in [-0.2, -0.15) is 0 Å². The molecule has 0 radical (unpaired) electrons. The van der Waals surface area contributed by atoms with Crippen LogP contribution in [0.15, 0.2) is 0 Å². The van der Waals surface area contributed by atoms with Gasteiger partial charge in [-0.05, 0) is 38.5 Å². The Balaban J connectivity index is 2.14. The van der Waals surface area contributed by atoms with Gasteiger partial charge in [0.25, 0.3) is 0 Å². The number of urea groups is 1. The van der Waals surface area contributed by atoms with Crippen molar-refractivity contribution in [2.75, 3.05) is 13.1 Å². The molecular weight excluding hydrogens is 262 g/mol. The van der Waals surface area contributed by atoms with Gasteiger partial charge >= 0.3 is 12.0 Å². The van der Waals surface area contributed by atoms with Gasteiger partial charge in [-0.3, -0.25) is 4.79 Å². The molecule has 112 valence electrons. The van der Waals surface area contributed by atoms with E-state index in [0.717, 1.165) is 25.7 Å². The average molecular weight is 283 g/mol. The molecule has 2 atom stereocenters. The predicted molar refractivity (Wildman–Crippen MR) is 70.9 cm³/mol. The number of carbonyl (C=O) groups excluding carboxylic acids is 2. The Morgan fingerprint density at radius 1 is 0.900 bits per heavy atom. The number of nitrogens with zero attached hydrogens (tertiary/aromatic N) is 2. The maximum atomic E-state index is 12.6. The van der Waals surface area contributed by atoms with Crippen LogP contribution in [0.5, 0.6) is 0 Å². The number of rotatable bonds is 2. The van der Waals surface area contributed by atoms with Crippen LogP contribution in [0.25, 0.3) is 0 Å². The third-order valence-corrected chi connectivity index (χ3v) is 4.11. The summed E-state index contributed by atoms with van der Waals surface area (Å²) < 4.78 is 0. The maximum Gasteiger partial charge on any atom is 0.326 e. The number of aliphatic carboxylic acids is 1. The smallest absolute Gasteiger partial charge is 0.326 e. The van der Waals surface area contributed by atoms with Crippen LogP contribution >= 0.6 is 0 Å². The Bertz CT molecular complexity index is 376. The molecular formula is C13H21N3O4. The molecule has 2 aliphatic heterocycles. The van der Waals surface area contributed by atoms with Gasteiger partial charge in [0.1, 0.15) is 12.1 Å². The SMILES string of the molecule is NC(=O)C1CCCCN1C(=O)N1CCCCC1C(=O)O. The van der Waals surface area contributed by atoms with Crippen molar-refractivity contribution < 1.29 is 19.5 Å². The lowest BCUT2D eigenvalue weighted by Crippen LogP contribution is -2.58. The van der Waals surface area contributed by atoms with Crippen molar-refractivity contribution >= 4 is 17.9 Å². The van der Waals surface area contributed by atoms with E-state index >= 15 is 0 Å². The first-order chi connectivity index (χ1) is 9.52. The second-order valence-corrected chi connectivity index (χ2v) is 5.43. The molecule has 0 aromatic rings. The Labute approximate surface area is 117 Å². The van der Waals surface area contributed by atoms with Crippen molar-refractivity contribution in [3.8, 4) is 0 Å². The van der Waals surface area contributed by atoms with Gasteiger partial charge in [-0.25, -0.2) is 9.59 Å². The van der Waals surface area contributed by atoms with Crippen LogP contribution < -0.4 is 5.73 Å². The van der Waals surface area contributed by atoms with E-state index in [4.69, 9.17) is 5.73 Å². The van der Waals surface area contributed by atoms with Crippen LogP contribution in [0.2, 0.25) is 0 Å². The lowest BCUT2D eigenvalue weighted by atomic mass is 10.00. The van der Waals surface area contributed by atoms with Crippen LogP contribution in [-0.2, 0) is 9.59 Å². The topological polar surface area (TPSA) is 104 Å². The summed E-state index contributed by atoms with van der Waals surface area (Å²) in [6.45, 7) is 0.896. The van der Waals surface area contributed by atoms with Crippen LogP contribution in [0.3, 0.4) is 0 Å². The highest BCUT2D eigenvalue weighted by atomic mass is 16.4. The second kappa shape index (κ2) is 6.11. The Kier molecular flexibility index (Phi) is 4.46. The molecule has 7 heteroatoms. The first-order valence-electron chi connectivity index (χ1n) is 7.11. The molecule has 0 bridgehead atoms. The molecule has 0 saturated carbocycles. The van der Waals surface area contributed by atoms with Crippen LogP contribution in [0.1, 0.15) is 38.5 Å². The minimum Gasteiger partial charge on any atom is -0.480 e. The van der Waals surface area contributed by atoms with E-state index in [9.17, 15) is 19.5 Å². The zero-order chi connectivity index (χ0) is 14.7. The predicted octanol–water partition coefficient (Wildman–Crippen LogP) is 0.385. The fourth-order valence-electron chi connectivity index (χ4n) is 3.04. The van der Waals surface area contributed by atoms with E-state index in [0.29, 0.717) is 25.9 Å². The van der Waals surface area contributed by atoms with Gasteiger partial charge in [0, 0.05) is 13.1 Å². The highest BCUT2D eigenvalue weighted by Gasteiger charge is 2.38. The number of primary amides is 1. The van der Waals surface area contributed by atoms with E-state index in [1.165, 1.54) is 9.80 Å². The number of amides is 3. The molecule has 2 fully saturated rings. The van der Waals surface area contributed by atoms with Crippen LogP contribution in [0, 0.1) is 0 Å². The zero-order valence-electron chi connectivity index (χ0n) is 11.5. The van der Waals surface area contributed by atoms with E-state index in [1.54, 1.807) is 0 Å². The summed E-state index contributed by atoms with van der Waals surface area (Å²) in [6, 6.07) is -1.75. The van der Waals surface area contributed by atoms with Crippen molar-refractivity contribution in [1.29, 1.82) is 0 Å². The Hall–Kier alpha value is -1.79. The van der Waals surface area contributed by atoms with Crippen molar-refractivity contribution in [3.05, 3.63) is 0 Å². The maximum absolute atomic E-state index is 12.6. The summed E-state index contributed by atoms with van der Waals surface area (Å²) in [7, 11) is 0. The average Bonchev–Trinajstić information content (AvgIpc) is 2.46. The molecule has 3 amide bonds. The van der Waals surface area contributed by atoms with Crippen molar-refractivity contribution in [3.63, 3.8) is 0 Å². The van der Waals surface area contributed by atoms with E-state index in [-0.39, 0.29) is 6.03 Å². The molecule has 2 unspecified atom stereocenters. The highest BCUT2D eigenvalue weighted by Crippen LogP contribution is 2.23. The summed E-state index contributed by atoms with van der Waals surface area (Å²) in [5, 5.41) is 9.23. The number of hydrogen-bond donors (Lipinski definition) is 2. The molecule has 0 spiro atoms. The summed E-state index contributed by atoms with van der Waals surface area (Å²) >= 11 is 0. The number of carboxylic acids is 1. The summed E-state index contributed by atoms with van der Waals surface area (Å²) in [5.41, 5.74) is 5.35. The number of likely N-dealkylation sites (tertiary alicyclic amines) is 2. The number of hydrogen-bond acceptors (Lipinski definition) is 3. The van der Waals surface area contributed by atoms with Crippen molar-refractivity contribution in [1.82, 2.24) is 9.80 Å². The van der Waals surface area contributed by atoms with Gasteiger partial charge in [0.05, 0.1) is 0 Å². The summed E-state index contributed by atoms with van der Waals surface area (Å²) in [5.74, 6) is -1.49. The molecule has 20 heavy (non-hydrogen) atoms. The van der Waals surface area contributed by atoms with E-state index < -0.39 is 24.0 Å². The molecule has 2 rings (SSSR count). The van der Waals surface area contributed by atoms with E-state index in [1.807, 2.05) is 0 Å². The van der Waals surface area contributed by atoms with Crippen LogP contribution in [0.4, 0.5) is 4.79 Å². The number of carbonyl (C=O) groups is 3. The van der Waals surface area contributed by atoms with Crippen molar-refractivity contribution in [2.45, 2.75) is 50.6 Å². The second-order valence-electron chi connectivity index (χ2n) is 5.43. The largest absolute Gasteiger partial charge is 0.480 e. The van der Waals surface area contributed by atoms with Gasteiger partial charge in [0.2, 0.25) is 5.91 Å². The minimum absolute atomic E-state index is 0.361. The fourth-order valence-corrected chi connectivity index (χ4v) is 3.04. The summed E-state index contributed by atoms with van der Waals surface area (Å²) in [6.07, 6.45) is 4.31. The number of nitrogens with two attached hydrogens (primary N) is 1. The molecule has 0 aromatic heterocycles. The first kappa shape index (κ1) is 14.6. The molecule has 0 aromatic carbocycles. The van der Waals surface area contributed by atoms with Gasteiger partial charge < -0.3 is 20.6 Å². The molecule has 3 N–H and O–H groups in total. The van der Waals surface area contributed by atoms with Crippen molar-refractivity contribution in [2.24, 2.45) is 5.73 Å². The monoisotopic (exact) mass is 283 g/mol. The van der Waals surface area contributed by atoms with Gasteiger partial charge in [-0.15, -0.1) is 0 Å². The number of piperidine rings is 2. The molecule has 7 nitrogen and oxygen atoms in total. The standard InChI is InChI=1S/C13H21N3O4/c14-11(17)9-5-1-3-7-15(9)13(20)16-8-4-2-6-10(16)12(18)19/h9-10H,1-8H2,(H2,14,17)(H,18,19). The normalized spacial score (nSPS) is 27.2. The fraction of sp³-hybridized carbons (Fsp3) is 0.769. The Morgan fingerprint density at radius 3 is 1.90 bits per heavy atom. The van der Waals surface area contributed by atoms with E-state index in [2.05, 4.69) is 0 Å². The van der Waals surface area contributed by atoms with Gasteiger partial charge in [-0.1, -0.05) is 0 Å².